The molecule has 3 rings (SSSR count). The van der Waals surface area contributed by atoms with E-state index in [1.807, 2.05) is 0 Å². The van der Waals surface area contributed by atoms with Crippen molar-refractivity contribution in [2.45, 2.75) is 39.5 Å². The van der Waals surface area contributed by atoms with Gasteiger partial charge < -0.3 is 5.32 Å². The van der Waals surface area contributed by atoms with Crippen LogP contribution in [0.3, 0.4) is 0 Å². The first-order valence-electron chi connectivity index (χ1n) is 7.85. The molecule has 1 heteroatoms. The minimum Gasteiger partial charge on any atom is -0.315 e. The van der Waals surface area contributed by atoms with Crippen LogP contribution in [0, 0.1) is 27.7 Å². The number of hydrogen-bond acceptors (Lipinski definition) is 1. The van der Waals surface area contributed by atoms with E-state index < -0.39 is 0 Å². The second-order valence-electron chi connectivity index (χ2n) is 6.80. The zero-order valence-electron chi connectivity index (χ0n) is 13.6. The van der Waals surface area contributed by atoms with Crippen LogP contribution >= 0.6 is 0 Å². The summed E-state index contributed by atoms with van der Waals surface area (Å²) in [6.07, 6.45) is 1.14. The molecule has 2 aromatic rings. The van der Waals surface area contributed by atoms with E-state index in [2.05, 4.69) is 69.4 Å². The summed E-state index contributed by atoms with van der Waals surface area (Å²) in [5.41, 5.74) is 8.86. The highest BCUT2D eigenvalue weighted by molar-refractivity contribution is 5.42. The lowest BCUT2D eigenvalue weighted by Crippen LogP contribution is -2.58. The highest BCUT2D eigenvalue weighted by Gasteiger charge is 2.39. The van der Waals surface area contributed by atoms with Crippen LogP contribution in [-0.4, -0.2) is 13.1 Å². The normalized spacial score (nSPS) is 16.6. The van der Waals surface area contributed by atoms with Crippen LogP contribution in [0.25, 0.3) is 0 Å². The summed E-state index contributed by atoms with van der Waals surface area (Å²) in [6, 6.07) is 13.7. The maximum atomic E-state index is 3.49. The third kappa shape index (κ3) is 2.63. The van der Waals surface area contributed by atoms with Gasteiger partial charge in [0.15, 0.2) is 0 Å². The van der Waals surface area contributed by atoms with Crippen LogP contribution in [0.2, 0.25) is 0 Å². The molecule has 110 valence electrons. The summed E-state index contributed by atoms with van der Waals surface area (Å²) in [6.45, 7) is 11.0. The maximum absolute atomic E-state index is 3.49. The maximum Gasteiger partial charge on any atom is 0.0243 e. The molecule has 0 aliphatic carbocycles. The van der Waals surface area contributed by atoms with E-state index in [4.69, 9.17) is 0 Å². The molecule has 0 saturated carbocycles. The highest BCUT2D eigenvalue weighted by Crippen LogP contribution is 2.34. The average Bonchev–Trinajstić information content (AvgIpc) is 2.37. The Kier molecular flexibility index (Phi) is 3.62. The largest absolute Gasteiger partial charge is 0.315 e. The number of hydrogen-bond donors (Lipinski definition) is 1. The van der Waals surface area contributed by atoms with E-state index in [1.165, 1.54) is 33.4 Å². The molecule has 1 fully saturated rings. The van der Waals surface area contributed by atoms with Crippen molar-refractivity contribution in [3.05, 3.63) is 69.8 Å². The first-order chi connectivity index (χ1) is 10.00. The molecule has 0 bridgehead atoms. The van der Waals surface area contributed by atoms with E-state index >= 15 is 0 Å². The third-order valence-electron chi connectivity index (χ3n) is 4.95. The molecule has 1 aliphatic heterocycles. The number of aryl methyl sites for hydroxylation is 4. The highest BCUT2D eigenvalue weighted by atomic mass is 15.0. The number of benzene rings is 2. The van der Waals surface area contributed by atoms with Crippen molar-refractivity contribution in [2.75, 3.05) is 13.1 Å². The molecule has 21 heavy (non-hydrogen) atoms. The molecule has 1 nitrogen and oxygen atoms in total. The second kappa shape index (κ2) is 5.31. The molecule has 0 unspecified atom stereocenters. The molecular weight excluding hydrogens is 254 g/mol. The van der Waals surface area contributed by atoms with Gasteiger partial charge >= 0.3 is 0 Å². The summed E-state index contributed by atoms with van der Waals surface area (Å²) in [5.74, 6) is 0. The zero-order valence-corrected chi connectivity index (χ0v) is 13.6. The Balaban J connectivity index is 1.97. The van der Waals surface area contributed by atoms with Gasteiger partial charge in [0.05, 0.1) is 0 Å². The van der Waals surface area contributed by atoms with Gasteiger partial charge in [-0.2, -0.15) is 0 Å². The lowest BCUT2D eigenvalue weighted by Gasteiger charge is -2.44. The summed E-state index contributed by atoms with van der Waals surface area (Å²) in [7, 11) is 0. The van der Waals surface area contributed by atoms with Crippen LogP contribution in [0.5, 0.6) is 0 Å². The van der Waals surface area contributed by atoms with E-state index in [1.54, 1.807) is 0 Å². The molecule has 0 atom stereocenters. The Morgan fingerprint density at radius 3 is 1.90 bits per heavy atom. The van der Waals surface area contributed by atoms with Crippen molar-refractivity contribution in [3.63, 3.8) is 0 Å². The van der Waals surface area contributed by atoms with E-state index in [0.717, 1.165) is 19.5 Å². The Labute approximate surface area is 128 Å². The summed E-state index contributed by atoms with van der Waals surface area (Å²) < 4.78 is 0. The molecule has 1 heterocycles. The fourth-order valence-electron chi connectivity index (χ4n) is 3.59. The molecule has 0 spiro atoms. The van der Waals surface area contributed by atoms with Gasteiger partial charge in [-0.3, -0.25) is 0 Å². The Morgan fingerprint density at radius 1 is 0.857 bits per heavy atom. The van der Waals surface area contributed by atoms with Gasteiger partial charge in [-0.1, -0.05) is 47.5 Å². The van der Waals surface area contributed by atoms with Crippen molar-refractivity contribution in [2.24, 2.45) is 0 Å². The van der Waals surface area contributed by atoms with Crippen LogP contribution in [-0.2, 0) is 11.8 Å². The van der Waals surface area contributed by atoms with Gasteiger partial charge in [0, 0.05) is 18.5 Å². The third-order valence-corrected chi connectivity index (χ3v) is 4.95. The first-order valence-corrected chi connectivity index (χ1v) is 7.85. The quantitative estimate of drug-likeness (QED) is 0.895. The fraction of sp³-hybridized carbons (Fsp3) is 0.400. The van der Waals surface area contributed by atoms with Crippen LogP contribution < -0.4 is 5.32 Å². The van der Waals surface area contributed by atoms with Gasteiger partial charge in [0.2, 0.25) is 0 Å². The van der Waals surface area contributed by atoms with Gasteiger partial charge in [-0.25, -0.2) is 0 Å². The van der Waals surface area contributed by atoms with Crippen molar-refractivity contribution in [1.82, 2.24) is 5.32 Å². The molecule has 0 radical (unpaired) electrons. The molecular formula is C20H25N. The predicted octanol–water partition coefficient (Wildman–Crippen LogP) is 4.00. The smallest absolute Gasteiger partial charge is 0.0243 e. The van der Waals surface area contributed by atoms with E-state index in [9.17, 15) is 0 Å². The molecule has 1 aliphatic rings. The van der Waals surface area contributed by atoms with Crippen molar-refractivity contribution in [1.29, 1.82) is 0 Å². The van der Waals surface area contributed by atoms with Crippen LogP contribution in [0.15, 0.2) is 36.4 Å². The van der Waals surface area contributed by atoms with Gasteiger partial charge in [0.25, 0.3) is 0 Å². The second-order valence-corrected chi connectivity index (χ2v) is 6.80. The average molecular weight is 279 g/mol. The minimum absolute atomic E-state index is 0.276. The molecule has 1 N–H and O–H groups in total. The van der Waals surface area contributed by atoms with E-state index in [-0.39, 0.29) is 5.41 Å². The zero-order chi connectivity index (χ0) is 15.0. The lowest BCUT2D eigenvalue weighted by molar-refractivity contribution is 0.274. The monoisotopic (exact) mass is 279 g/mol. The lowest BCUT2D eigenvalue weighted by atomic mass is 9.69. The summed E-state index contributed by atoms with van der Waals surface area (Å²) in [4.78, 5) is 0. The SMILES string of the molecule is Cc1ccc(C2(Cc3c(C)cc(C)cc3C)CNC2)cc1. The molecule has 2 aromatic carbocycles. The molecule has 1 saturated heterocycles. The minimum atomic E-state index is 0.276. The van der Waals surface area contributed by atoms with Crippen LogP contribution in [0.4, 0.5) is 0 Å². The van der Waals surface area contributed by atoms with Crippen molar-refractivity contribution < 1.29 is 0 Å². The van der Waals surface area contributed by atoms with Crippen molar-refractivity contribution in [3.8, 4) is 0 Å². The fourth-order valence-corrected chi connectivity index (χ4v) is 3.59. The standard InChI is InChI=1S/C20H25N/c1-14-5-7-18(8-6-14)20(12-21-13-20)11-19-16(3)9-15(2)10-17(19)4/h5-10,21H,11-13H2,1-4H3. The van der Waals surface area contributed by atoms with Crippen molar-refractivity contribution >= 4 is 0 Å². The molecule has 0 amide bonds. The summed E-state index contributed by atoms with van der Waals surface area (Å²) in [5, 5.41) is 3.49. The van der Waals surface area contributed by atoms with Gasteiger partial charge in [-0.05, 0) is 56.4 Å². The van der Waals surface area contributed by atoms with Gasteiger partial charge in [-0.15, -0.1) is 0 Å². The van der Waals surface area contributed by atoms with Gasteiger partial charge in [0.1, 0.15) is 0 Å². The first kappa shape index (κ1) is 14.3. The predicted molar refractivity (Wildman–Crippen MR) is 90.1 cm³/mol. The Morgan fingerprint density at radius 2 is 1.43 bits per heavy atom. The van der Waals surface area contributed by atoms with Crippen LogP contribution in [0.1, 0.15) is 33.4 Å². The number of nitrogens with one attached hydrogen (secondary N) is 1. The summed E-state index contributed by atoms with van der Waals surface area (Å²) >= 11 is 0. The Bertz CT molecular complexity index is 625. The Hall–Kier alpha value is -1.60. The topological polar surface area (TPSA) is 12.0 Å². The van der Waals surface area contributed by atoms with E-state index in [0.29, 0.717) is 0 Å². The molecule has 0 aromatic heterocycles. The number of rotatable bonds is 3.